The van der Waals surface area contributed by atoms with E-state index in [1.165, 1.54) is 12.8 Å². The minimum Gasteiger partial charge on any atom is -0.489 e. The van der Waals surface area contributed by atoms with Crippen LogP contribution in [0.3, 0.4) is 0 Å². The fourth-order valence-corrected chi connectivity index (χ4v) is 2.62. The lowest BCUT2D eigenvalue weighted by Crippen LogP contribution is -2.27. The minimum absolute atomic E-state index is 0.0622. The summed E-state index contributed by atoms with van der Waals surface area (Å²) in [5.74, 6) is 0.615. The van der Waals surface area contributed by atoms with Gasteiger partial charge in [-0.25, -0.2) is 4.98 Å². The minimum atomic E-state index is -0.0622. The van der Waals surface area contributed by atoms with E-state index in [-0.39, 0.29) is 6.10 Å². The summed E-state index contributed by atoms with van der Waals surface area (Å²) < 4.78 is 13.8. The molecule has 1 heterocycles. The summed E-state index contributed by atoms with van der Waals surface area (Å²) in [6.07, 6.45) is 8.78. The van der Waals surface area contributed by atoms with Gasteiger partial charge in [-0.2, -0.15) is 0 Å². The number of nitrogens with zero attached hydrogens (tertiary/aromatic N) is 2. The molecule has 2 rings (SSSR count). The van der Waals surface area contributed by atoms with Gasteiger partial charge in [0.05, 0.1) is 17.9 Å². The first-order chi connectivity index (χ1) is 11.2. The molecule has 4 nitrogen and oxygen atoms in total. The van der Waals surface area contributed by atoms with Crippen LogP contribution in [-0.2, 0) is 11.3 Å². The molecule has 0 aliphatic carbocycles. The van der Waals surface area contributed by atoms with Crippen LogP contribution >= 0.6 is 23.2 Å². The molecule has 1 unspecified atom stereocenters. The molecule has 23 heavy (non-hydrogen) atoms. The molecule has 0 saturated heterocycles. The fraction of sp³-hybridized carbons (Fsp3) is 0.471. The van der Waals surface area contributed by atoms with Crippen molar-refractivity contribution < 1.29 is 9.47 Å². The van der Waals surface area contributed by atoms with E-state index < -0.39 is 0 Å². The standard InChI is InChI=1S/C17H22Cl2N2O2/c1-2-3-4-9-22-15(11-21-8-7-20-13-21)12-23-17-6-5-14(18)10-16(17)19/h5-8,10,13,15H,2-4,9,11-12H2,1H3. The number of hydrogen-bond acceptors (Lipinski definition) is 3. The summed E-state index contributed by atoms with van der Waals surface area (Å²) in [6.45, 7) is 4.02. The Morgan fingerprint density at radius 1 is 1.26 bits per heavy atom. The first kappa shape index (κ1) is 18.1. The third kappa shape index (κ3) is 6.42. The number of benzene rings is 1. The van der Waals surface area contributed by atoms with Crippen molar-refractivity contribution in [3.05, 3.63) is 47.0 Å². The zero-order chi connectivity index (χ0) is 16.5. The molecule has 0 fully saturated rings. The highest BCUT2D eigenvalue weighted by Gasteiger charge is 2.12. The summed E-state index contributed by atoms with van der Waals surface area (Å²) in [7, 11) is 0. The van der Waals surface area contributed by atoms with Crippen molar-refractivity contribution in [3.63, 3.8) is 0 Å². The van der Waals surface area contributed by atoms with E-state index in [0.29, 0.717) is 28.9 Å². The van der Waals surface area contributed by atoms with Crippen LogP contribution in [0.15, 0.2) is 36.9 Å². The van der Waals surface area contributed by atoms with Crippen molar-refractivity contribution >= 4 is 23.2 Å². The zero-order valence-corrected chi connectivity index (χ0v) is 14.8. The highest BCUT2D eigenvalue weighted by Crippen LogP contribution is 2.27. The Balaban J connectivity index is 1.90. The Hall–Kier alpha value is -1.23. The Kier molecular flexibility index (Phi) is 7.72. The monoisotopic (exact) mass is 356 g/mol. The number of imidazole rings is 1. The van der Waals surface area contributed by atoms with Gasteiger partial charge in [0.25, 0.3) is 0 Å². The van der Waals surface area contributed by atoms with Crippen LogP contribution < -0.4 is 4.74 Å². The molecular weight excluding hydrogens is 335 g/mol. The molecule has 2 aromatic rings. The van der Waals surface area contributed by atoms with E-state index in [1.54, 1.807) is 30.7 Å². The number of aromatic nitrogens is 2. The number of halogens is 2. The van der Waals surface area contributed by atoms with E-state index in [1.807, 2.05) is 10.8 Å². The van der Waals surface area contributed by atoms with E-state index in [9.17, 15) is 0 Å². The van der Waals surface area contributed by atoms with Crippen LogP contribution in [-0.4, -0.2) is 28.9 Å². The van der Waals surface area contributed by atoms with Crippen LogP contribution in [0.1, 0.15) is 26.2 Å². The average molecular weight is 357 g/mol. The first-order valence-electron chi connectivity index (χ1n) is 7.84. The van der Waals surface area contributed by atoms with Crippen LogP contribution in [0.2, 0.25) is 10.0 Å². The van der Waals surface area contributed by atoms with E-state index >= 15 is 0 Å². The summed E-state index contributed by atoms with van der Waals surface area (Å²) in [5.41, 5.74) is 0. The average Bonchev–Trinajstić information content (AvgIpc) is 3.03. The Morgan fingerprint density at radius 2 is 2.13 bits per heavy atom. The zero-order valence-electron chi connectivity index (χ0n) is 13.3. The second kappa shape index (κ2) is 9.81. The molecule has 1 aromatic heterocycles. The van der Waals surface area contributed by atoms with Crippen LogP contribution in [0.4, 0.5) is 0 Å². The molecule has 0 N–H and O–H groups in total. The largest absolute Gasteiger partial charge is 0.489 e. The highest BCUT2D eigenvalue weighted by molar-refractivity contribution is 6.35. The molecule has 6 heteroatoms. The summed E-state index contributed by atoms with van der Waals surface area (Å²) >= 11 is 12.0. The van der Waals surface area contributed by atoms with Gasteiger partial charge in [0.1, 0.15) is 18.5 Å². The number of unbranched alkanes of at least 4 members (excludes halogenated alkanes) is 2. The molecule has 0 aliphatic heterocycles. The molecule has 0 aliphatic rings. The lowest BCUT2D eigenvalue weighted by Gasteiger charge is -2.19. The summed E-state index contributed by atoms with van der Waals surface area (Å²) in [5, 5.41) is 1.10. The molecular formula is C17H22Cl2N2O2. The van der Waals surface area contributed by atoms with Gasteiger partial charge < -0.3 is 14.0 Å². The lowest BCUT2D eigenvalue weighted by atomic mass is 10.2. The topological polar surface area (TPSA) is 36.3 Å². The van der Waals surface area contributed by atoms with E-state index in [4.69, 9.17) is 32.7 Å². The maximum absolute atomic E-state index is 6.14. The molecule has 0 saturated carbocycles. The molecule has 1 atom stereocenters. The van der Waals surface area contributed by atoms with Gasteiger partial charge in [0, 0.05) is 24.0 Å². The van der Waals surface area contributed by atoms with Gasteiger partial charge in [-0.1, -0.05) is 43.0 Å². The predicted molar refractivity (Wildman–Crippen MR) is 93.4 cm³/mol. The third-order valence-electron chi connectivity index (χ3n) is 3.39. The van der Waals surface area contributed by atoms with Crippen molar-refractivity contribution in [2.75, 3.05) is 13.2 Å². The molecule has 1 aromatic carbocycles. The quantitative estimate of drug-likeness (QED) is 0.571. The van der Waals surface area contributed by atoms with Crippen LogP contribution in [0, 0.1) is 0 Å². The van der Waals surface area contributed by atoms with Crippen molar-refractivity contribution in [1.29, 1.82) is 0 Å². The maximum atomic E-state index is 6.14. The van der Waals surface area contributed by atoms with Crippen molar-refractivity contribution in [1.82, 2.24) is 9.55 Å². The molecule has 0 amide bonds. The fourth-order valence-electron chi connectivity index (χ4n) is 2.16. The molecule has 126 valence electrons. The summed E-state index contributed by atoms with van der Waals surface area (Å²) in [6, 6.07) is 5.21. The Morgan fingerprint density at radius 3 is 2.83 bits per heavy atom. The number of hydrogen-bond donors (Lipinski definition) is 0. The highest BCUT2D eigenvalue weighted by atomic mass is 35.5. The lowest BCUT2D eigenvalue weighted by molar-refractivity contribution is 0.00823. The van der Waals surface area contributed by atoms with Gasteiger partial charge in [0.15, 0.2) is 0 Å². The number of ether oxygens (including phenoxy) is 2. The van der Waals surface area contributed by atoms with E-state index in [2.05, 4.69) is 11.9 Å². The second-order valence-corrected chi connectivity index (χ2v) is 6.19. The molecule has 0 spiro atoms. The van der Waals surface area contributed by atoms with Crippen LogP contribution in [0.25, 0.3) is 0 Å². The smallest absolute Gasteiger partial charge is 0.138 e. The number of rotatable bonds is 10. The molecule has 0 bridgehead atoms. The summed E-state index contributed by atoms with van der Waals surface area (Å²) in [4.78, 5) is 4.06. The Bertz CT molecular complexity index is 576. The third-order valence-corrected chi connectivity index (χ3v) is 3.92. The van der Waals surface area contributed by atoms with E-state index in [0.717, 1.165) is 13.0 Å². The van der Waals surface area contributed by atoms with Gasteiger partial charge in [0.2, 0.25) is 0 Å². The normalized spacial score (nSPS) is 12.3. The Labute approximate surface area is 147 Å². The van der Waals surface area contributed by atoms with Crippen LogP contribution in [0.5, 0.6) is 5.75 Å². The predicted octanol–water partition coefficient (Wildman–Crippen LogP) is 4.84. The first-order valence-corrected chi connectivity index (χ1v) is 8.60. The SMILES string of the molecule is CCCCCOC(COc1ccc(Cl)cc1Cl)Cn1ccnc1. The molecule has 0 radical (unpaired) electrons. The maximum Gasteiger partial charge on any atom is 0.138 e. The van der Waals surface area contributed by atoms with Crippen molar-refractivity contribution in [2.45, 2.75) is 38.8 Å². The second-order valence-electron chi connectivity index (χ2n) is 5.35. The van der Waals surface area contributed by atoms with Gasteiger partial charge in [-0.05, 0) is 24.6 Å². The van der Waals surface area contributed by atoms with Gasteiger partial charge in [-0.3, -0.25) is 0 Å². The van der Waals surface area contributed by atoms with Crippen molar-refractivity contribution in [2.24, 2.45) is 0 Å². The van der Waals surface area contributed by atoms with Crippen molar-refractivity contribution in [3.8, 4) is 5.75 Å². The van der Waals surface area contributed by atoms with Gasteiger partial charge in [-0.15, -0.1) is 0 Å². The van der Waals surface area contributed by atoms with Gasteiger partial charge >= 0.3 is 0 Å².